The Morgan fingerprint density at radius 1 is 0.932 bits per heavy atom. The summed E-state index contributed by atoms with van der Waals surface area (Å²) < 4.78 is 38.1. The fraction of sp³-hybridized carbons (Fsp3) is 0.429. The van der Waals surface area contributed by atoms with E-state index < -0.39 is 11.9 Å². The van der Waals surface area contributed by atoms with Crippen molar-refractivity contribution in [1.82, 2.24) is 44.7 Å². The third kappa shape index (κ3) is 8.55. The maximum absolute atomic E-state index is 16.0. The van der Waals surface area contributed by atoms with E-state index in [1.807, 2.05) is 61.2 Å². The first-order chi connectivity index (χ1) is 35.8. The second-order valence-electron chi connectivity index (χ2n) is 21.1. The van der Waals surface area contributed by atoms with Crippen molar-refractivity contribution in [3.63, 3.8) is 0 Å². The molecule has 5 aliphatic rings. The summed E-state index contributed by atoms with van der Waals surface area (Å²) in [6.45, 7) is 10.5. The zero-order chi connectivity index (χ0) is 51.1. The molecule has 1 aliphatic carbocycles. The number of anilines is 1. The first-order valence-corrected chi connectivity index (χ1v) is 25.9. The Bertz CT molecular complexity index is 3460. The first-order valence-electron chi connectivity index (χ1n) is 25.9. The molecule has 18 heteroatoms. The van der Waals surface area contributed by atoms with E-state index in [4.69, 9.17) is 19.2 Å². The fourth-order valence-corrected chi connectivity index (χ4v) is 11.9. The number of halogens is 1. The summed E-state index contributed by atoms with van der Waals surface area (Å²) in [5, 5.41) is 15.1. The number of imide groups is 1. The van der Waals surface area contributed by atoms with Crippen molar-refractivity contribution in [2.75, 3.05) is 51.3 Å². The van der Waals surface area contributed by atoms with Crippen LogP contribution in [-0.2, 0) is 34.5 Å². The fourth-order valence-electron chi connectivity index (χ4n) is 11.9. The van der Waals surface area contributed by atoms with Crippen molar-refractivity contribution in [3.05, 3.63) is 111 Å². The van der Waals surface area contributed by atoms with Gasteiger partial charge in [0.1, 0.15) is 30.6 Å². The van der Waals surface area contributed by atoms with Gasteiger partial charge in [0.15, 0.2) is 5.75 Å². The number of carbonyl (C=O) groups excluding carboxylic acids is 3. The highest BCUT2D eigenvalue weighted by atomic mass is 19.1. The molecule has 74 heavy (non-hydrogen) atoms. The number of methoxy groups -OCH3 is 1. The van der Waals surface area contributed by atoms with Crippen molar-refractivity contribution in [2.24, 2.45) is 7.05 Å². The van der Waals surface area contributed by atoms with Crippen LogP contribution >= 0.6 is 0 Å². The van der Waals surface area contributed by atoms with Crippen molar-refractivity contribution < 1.29 is 33.0 Å². The summed E-state index contributed by atoms with van der Waals surface area (Å²) in [7, 11) is 3.36. The molecule has 0 spiro atoms. The largest absolute Gasteiger partial charge is 0.486 e. The Balaban J connectivity index is 0.813. The second-order valence-corrected chi connectivity index (χ2v) is 21.1. The van der Waals surface area contributed by atoms with Gasteiger partial charge in [-0.25, -0.2) is 14.2 Å². The highest BCUT2D eigenvalue weighted by Gasteiger charge is 2.40. The number of amides is 3. The number of piperazine rings is 2. The number of fused-ring (bicyclic) bond motifs is 5. The highest BCUT2D eigenvalue weighted by molar-refractivity contribution is 6.07. The van der Waals surface area contributed by atoms with E-state index >= 15 is 4.39 Å². The normalized spacial score (nSPS) is 21.6. The Labute approximate surface area is 426 Å². The van der Waals surface area contributed by atoms with Gasteiger partial charge in [0.05, 0.1) is 34.5 Å². The van der Waals surface area contributed by atoms with E-state index in [9.17, 15) is 19.2 Å². The molecular weight excluding hydrogens is 944 g/mol. The number of carbonyl (C=O) groups is 3. The van der Waals surface area contributed by atoms with E-state index in [0.717, 1.165) is 76.6 Å². The number of aryl methyl sites for hydroxylation is 1. The predicted molar refractivity (Wildman–Crippen MR) is 278 cm³/mol. The summed E-state index contributed by atoms with van der Waals surface area (Å²) in [4.78, 5) is 64.1. The number of piperidine rings is 1. The van der Waals surface area contributed by atoms with Crippen molar-refractivity contribution in [2.45, 2.75) is 102 Å². The third-order valence-electron chi connectivity index (χ3n) is 16.1. The maximum Gasteiger partial charge on any atom is 0.329 e. The molecule has 4 aromatic carbocycles. The van der Waals surface area contributed by atoms with Crippen LogP contribution in [0.15, 0.2) is 71.7 Å². The lowest BCUT2D eigenvalue weighted by atomic mass is 9.88. The number of nitrogens with one attached hydrogen (secondary N) is 3. The van der Waals surface area contributed by atoms with Crippen LogP contribution in [-0.4, -0.2) is 123 Å². The summed E-state index contributed by atoms with van der Waals surface area (Å²) in [5.41, 5.74) is 8.90. The minimum Gasteiger partial charge on any atom is -0.486 e. The van der Waals surface area contributed by atoms with Gasteiger partial charge in [0, 0.05) is 112 Å². The summed E-state index contributed by atoms with van der Waals surface area (Å²) in [6, 6.07) is 19.2. The lowest BCUT2D eigenvalue weighted by Crippen LogP contribution is -2.53. The van der Waals surface area contributed by atoms with Gasteiger partial charge in [0.2, 0.25) is 17.7 Å². The molecule has 3 N–H and O–H groups in total. The summed E-state index contributed by atoms with van der Waals surface area (Å²) in [6.07, 6.45) is 5.12. The number of hydrogen-bond acceptors (Lipinski definition) is 12. The molecule has 7 aromatic rings. The second kappa shape index (κ2) is 19.0. The van der Waals surface area contributed by atoms with Crippen LogP contribution in [0.2, 0.25) is 0 Å². The molecule has 2 bridgehead atoms. The van der Waals surface area contributed by atoms with Gasteiger partial charge in [-0.3, -0.25) is 38.8 Å². The standard InChI is InChI=1S/C56H61FN10O7/c1-30-25-64(26-34-8-13-44-47(18-34)63(4)56(71)67(44)45-14-15-48(68)60-54(45)69)16-17-65(30)55(70)36-9-6-33(7-10-36)29-74-53-51(50-32(3)42(57)21-43-41(50)24-59-62-43)39(35-11-12-35)20-40-46(66-27-37-19-38(66)23-58-37)22-49(61-52(40)53)73-28-31(2)72-5/h6-10,13,18,20-22,24,30-31,35,37-38,45,58H,11-12,14-17,19,23,25-29H2,1-5H3,(H,59,62)(H,60,68,69)/t30-,31?,37-,38-,45?/m0/s1. The molecule has 4 aliphatic heterocycles. The molecule has 12 rings (SSSR count). The molecule has 7 heterocycles. The quantitative estimate of drug-likeness (QED) is 0.0993. The number of ether oxygens (including phenoxy) is 3. The zero-order valence-electron chi connectivity index (χ0n) is 42.4. The number of pyridine rings is 1. The molecule has 5 atom stereocenters. The topological polar surface area (TPSA) is 181 Å². The number of rotatable bonds is 14. The van der Waals surface area contributed by atoms with E-state index in [1.165, 1.54) is 10.6 Å². The minimum absolute atomic E-state index is 0.0511. The molecule has 3 aromatic heterocycles. The van der Waals surface area contributed by atoms with Crippen LogP contribution in [0.25, 0.3) is 44.0 Å². The summed E-state index contributed by atoms with van der Waals surface area (Å²) >= 11 is 0. The number of aromatic nitrogens is 5. The smallest absolute Gasteiger partial charge is 0.329 e. The van der Waals surface area contributed by atoms with E-state index in [2.05, 4.69) is 49.7 Å². The molecule has 17 nitrogen and oxygen atoms in total. The van der Waals surface area contributed by atoms with Gasteiger partial charge < -0.3 is 29.3 Å². The third-order valence-corrected chi connectivity index (χ3v) is 16.1. The monoisotopic (exact) mass is 1000 g/mol. The Morgan fingerprint density at radius 3 is 2.47 bits per heavy atom. The first kappa shape index (κ1) is 47.8. The van der Waals surface area contributed by atoms with Crippen LogP contribution in [0, 0.1) is 12.7 Å². The number of benzene rings is 4. The van der Waals surface area contributed by atoms with Gasteiger partial charge in [0.25, 0.3) is 5.91 Å². The molecule has 4 saturated heterocycles. The van der Waals surface area contributed by atoms with Crippen LogP contribution in [0.4, 0.5) is 10.1 Å². The molecule has 1 saturated carbocycles. The van der Waals surface area contributed by atoms with Crippen molar-refractivity contribution in [3.8, 4) is 22.8 Å². The van der Waals surface area contributed by atoms with Gasteiger partial charge in [-0.05, 0) is 111 Å². The van der Waals surface area contributed by atoms with Gasteiger partial charge in [-0.2, -0.15) is 5.10 Å². The number of H-pyrrole nitrogens is 1. The predicted octanol–water partition coefficient (Wildman–Crippen LogP) is 6.62. The number of hydrogen-bond donors (Lipinski definition) is 3. The van der Waals surface area contributed by atoms with E-state index in [1.54, 1.807) is 24.9 Å². The van der Waals surface area contributed by atoms with Crippen molar-refractivity contribution >= 4 is 56.2 Å². The Kier molecular flexibility index (Phi) is 12.3. The average Bonchev–Trinajstić information content (AvgIpc) is 3.64. The van der Waals surface area contributed by atoms with E-state index in [-0.39, 0.29) is 60.8 Å². The van der Waals surface area contributed by atoms with Gasteiger partial charge in [-0.1, -0.05) is 18.2 Å². The number of nitrogens with zero attached hydrogens (tertiary/aromatic N) is 7. The van der Waals surface area contributed by atoms with Crippen LogP contribution < -0.4 is 30.7 Å². The molecule has 384 valence electrons. The Hall–Kier alpha value is -7.15. The average molecular weight is 1010 g/mol. The lowest BCUT2D eigenvalue weighted by Gasteiger charge is -2.40. The SMILES string of the molecule is COC(C)COc1cc(N2C[C@@H]3C[C@H]2CN3)c2cc(C3CC3)c(-c3c(C)c(F)cc4[nH]ncc34)c(OCc3ccc(C(=O)N4CCN(Cc5ccc6c(c5)n(C)c(=O)n6C5CCC(=O)NC5=O)C[C@@H]4C)cc3)c2n1. The number of imidazole rings is 1. The summed E-state index contributed by atoms with van der Waals surface area (Å²) in [5.74, 6) is 0.0860. The molecule has 5 fully saturated rings. The van der Waals surface area contributed by atoms with Crippen molar-refractivity contribution in [1.29, 1.82) is 0 Å². The maximum atomic E-state index is 16.0. The zero-order valence-corrected chi connectivity index (χ0v) is 42.4. The number of aromatic amines is 1. The van der Waals surface area contributed by atoms with Crippen LogP contribution in [0.1, 0.15) is 90.5 Å². The van der Waals surface area contributed by atoms with Gasteiger partial charge in [-0.15, -0.1) is 0 Å². The minimum atomic E-state index is -0.744. The molecule has 3 amide bonds. The molecule has 0 radical (unpaired) electrons. The highest BCUT2D eigenvalue weighted by Crippen LogP contribution is 2.54. The van der Waals surface area contributed by atoms with Crippen LogP contribution in [0.5, 0.6) is 11.6 Å². The molecular formula is C56H61FN10O7. The van der Waals surface area contributed by atoms with Crippen LogP contribution in [0.3, 0.4) is 0 Å². The Morgan fingerprint density at radius 2 is 1.74 bits per heavy atom. The lowest BCUT2D eigenvalue weighted by molar-refractivity contribution is -0.135. The van der Waals surface area contributed by atoms with Gasteiger partial charge >= 0.3 is 5.69 Å². The van der Waals surface area contributed by atoms with E-state index in [0.29, 0.717) is 89.7 Å². The molecule has 2 unspecified atom stereocenters.